The van der Waals surface area contributed by atoms with Gasteiger partial charge in [-0.25, -0.2) is 4.98 Å². The Morgan fingerprint density at radius 2 is 2.05 bits per heavy atom. The van der Waals surface area contributed by atoms with Crippen LogP contribution < -0.4 is 16.2 Å². The van der Waals surface area contributed by atoms with Crippen molar-refractivity contribution in [3.8, 4) is 0 Å². The van der Waals surface area contributed by atoms with Gasteiger partial charge in [0.15, 0.2) is 5.82 Å². The number of aromatic nitrogens is 2. The Kier molecular flexibility index (Phi) is 2.95. The molecule has 98 valence electrons. The van der Waals surface area contributed by atoms with Crippen molar-refractivity contribution in [2.75, 3.05) is 17.2 Å². The number of nitrogens with two attached hydrogens (primary N) is 1. The molecule has 3 N–H and O–H groups in total. The van der Waals surface area contributed by atoms with E-state index >= 15 is 0 Å². The second kappa shape index (κ2) is 4.76. The fraction of sp³-hybridized carbons (Fsp3) is 0.286. The predicted octanol–water partition coefficient (Wildman–Crippen LogP) is 1.30. The number of rotatable bonds is 1. The van der Waals surface area contributed by atoms with Gasteiger partial charge in [-0.3, -0.25) is 4.79 Å². The van der Waals surface area contributed by atoms with Crippen LogP contribution in [0.4, 0.5) is 11.5 Å². The van der Waals surface area contributed by atoms with E-state index in [-0.39, 0.29) is 11.2 Å². The largest absolute Gasteiger partial charge is 0.391 e. The summed E-state index contributed by atoms with van der Waals surface area (Å²) in [6.07, 6.45) is 3.49. The van der Waals surface area contributed by atoms with Crippen molar-refractivity contribution in [3.63, 3.8) is 0 Å². The van der Waals surface area contributed by atoms with Gasteiger partial charge in [-0.1, -0.05) is 24.3 Å². The molecule has 5 heteroatoms. The Morgan fingerprint density at radius 1 is 1.26 bits per heavy atom. The van der Waals surface area contributed by atoms with E-state index in [0.717, 1.165) is 25.9 Å². The first-order valence-corrected chi connectivity index (χ1v) is 6.40. The van der Waals surface area contributed by atoms with Crippen LogP contribution in [0.5, 0.6) is 0 Å². The number of nitrogen functional groups attached to an aromatic ring is 1. The van der Waals surface area contributed by atoms with Gasteiger partial charge in [0.05, 0.1) is 6.33 Å². The smallest absolute Gasteiger partial charge is 0.276 e. The highest BCUT2D eigenvalue weighted by molar-refractivity contribution is 5.61. The van der Waals surface area contributed by atoms with Gasteiger partial charge >= 0.3 is 0 Å². The molecule has 0 fully saturated rings. The standard InChI is InChI=1S/C14H16N4O/c15-12-13(16-9-17-14(12)19)18-7-3-6-10-4-1-2-5-11(10)8-18/h1-2,4-5,9H,3,6-8,15H2,(H,16,17,19). The minimum absolute atomic E-state index is 0.196. The number of benzene rings is 1. The van der Waals surface area contributed by atoms with Gasteiger partial charge in [-0.15, -0.1) is 0 Å². The molecule has 0 saturated heterocycles. The van der Waals surface area contributed by atoms with E-state index < -0.39 is 0 Å². The van der Waals surface area contributed by atoms with Crippen LogP contribution in [-0.2, 0) is 13.0 Å². The van der Waals surface area contributed by atoms with Crippen LogP contribution >= 0.6 is 0 Å². The molecule has 0 spiro atoms. The van der Waals surface area contributed by atoms with Crippen LogP contribution in [0.2, 0.25) is 0 Å². The summed E-state index contributed by atoms with van der Waals surface area (Å²) in [7, 11) is 0. The molecular weight excluding hydrogens is 240 g/mol. The van der Waals surface area contributed by atoms with E-state index in [1.54, 1.807) is 0 Å². The minimum atomic E-state index is -0.275. The molecular formula is C14H16N4O. The summed E-state index contributed by atoms with van der Waals surface area (Å²) in [5.41, 5.74) is 8.41. The highest BCUT2D eigenvalue weighted by Crippen LogP contribution is 2.24. The molecule has 0 atom stereocenters. The molecule has 1 aromatic carbocycles. The highest BCUT2D eigenvalue weighted by Gasteiger charge is 2.18. The lowest BCUT2D eigenvalue weighted by atomic mass is 10.0. The van der Waals surface area contributed by atoms with Crippen molar-refractivity contribution in [1.82, 2.24) is 9.97 Å². The topological polar surface area (TPSA) is 75.0 Å². The fourth-order valence-electron chi connectivity index (χ4n) is 2.53. The van der Waals surface area contributed by atoms with Crippen LogP contribution in [0.25, 0.3) is 0 Å². The molecule has 2 heterocycles. The molecule has 0 unspecified atom stereocenters. The number of fused-ring (bicyclic) bond motifs is 1. The van der Waals surface area contributed by atoms with Crippen LogP contribution in [0, 0.1) is 0 Å². The molecule has 19 heavy (non-hydrogen) atoms. The summed E-state index contributed by atoms with van der Waals surface area (Å²) < 4.78 is 0. The number of hydrogen-bond acceptors (Lipinski definition) is 4. The Bertz CT molecular complexity index is 650. The van der Waals surface area contributed by atoms with Gasteiger partial charge < -0.3 is 15.6 Å². The first kappa shape index (κ1) is 11.8. The molecule has 0 amide bonds. The van der Waals surface area contributed by atoms with E-state index in [2.05, 4.69) is 33.1 Å². The maximum Gasteiger partial charge on any atom is 0.276 e. The van der Waals surface area contributed by atoms with Crippen molar-refractivity contribution in [2.24, 2.45) is 0 Å². The summed E-state index contributed by atoms with van der Waals surface area (Å²) >= 11 is 0. The van der Waals surface area contributed by atoms with Crippen molar-refractivity contribution in [1.29, 1.82) is 0 Å². The Hall–Kier alpha value is -2.30. The second-order valence-electron chi connectivity index (χ2n) is 4.76. The molecule has 3 rings (SSSR count). The molecule has 1 aliphatic rings. The van der Waals surface area contributed by atoms with Gasteiger partial charge in [-0.05, 0) is 24.0 Å². The van der Waals surface area contributed by atoms with Crippen molar-refractivity contribution in [2.45, 2.75) is 19.4 Å². The lowest BCUT2D eigenvalue weighted by Gasteiger charge is -2.22. The first-order valence-electron chi connectivity index (χ1n) is 6.40. The zero-order valence-corrected chi connectivity index (χ0v) is 10.6. The number of nitrogens with one attached hydrogen (secondary N) is 1. The van der Waals surface area contributed by atoms with Gasteiger partial charge in [0.25, 0.3) is 5.56 Å². The van der Waals surface area contributed by atoms with Crippen LogP contribution in [0.15, 0.2) is 35.4 Å². The summed E-state index contributed by atoms with van der Waals surface area (Å²) in [6.45, 7) is 1.60. The lowest BCUT2D eigenvalue weighted by molar-refractivity contribution is 0.753. The van der Waals surface area contributed by atoms with E-state index in [4.69, 9.17) is 5.73 Å². The average Bonchev–Trinajstić information content (AvgIpc) is 2.64. The minimum Gasteiger partial charge on any atom is -0.391 e. The van der Waals surface area contributed by atoms with Gasteiger partial charge in [0.2, 0.25) is 0 Å². The van der Waals surface area contributed by atoms with Crippen LogP contribution in [0.3, 0.4) is 0 Å². The zero-order valence-electron chi connectivity index (χ0n) is 10.6. The quantitative estimate of drug-likeness (QED) is 0.806. The second-order valence-corrected chi connectivity index (χ2v) is 4.76. The number of anilines is 2. The van der Waals surface area contributed by atoms with E-state index in [1.165, 1.54) is 17.5 Å². The third kappa shape index (κ3) is 2.19. The van der Waals surface area contributed by atoms with Crippen LogP contribution in [-0.4, -0.2) is 16.5 Å². The summed E-state index contributed by atoms with van der Waals surface area (Å²) in [5, 5.41) is 0. The highest BCUT2D eigenvalue weighted by atomic mass is 16.1. The maximum absolute atomic E-state index is 11.6. The number of hydrogen-bond donors (Lipinski definition) is 2. The predicted molar refractivity (Wildman–Crippen MR) is 75.1 cm³/mol. The first-order chi connectivity index (χ1) is 9.25. The number of aryl methyl sites for hydroxylation is 1. The third-order valence-electron chi connectivity index (χ3n) is 3.52. The van der Waals surface area contributed by atoms with E-state index in [9.17, 15) is 4.79 Å². The number of H-pyrrole nitrogens is 1. The SMILES string of the molecule is Nc1c(N2CCCc3ccccc3C2)nc[nH]c1=O. The number of aromatic amines is 1. The normalized spacial score (nSPS) is 14.8. The molecule has 1 aliphatic heterocycles. The zero-order chi connectivity index (χ0) is 13.2. The Labute approximate surface area is 111 Å². The van der Waals surface area contributed by atoms with Crippen molar-refractivity contribution >= 4 is 11.5 Å². The van der Waals surface area contributed by atoms with Gasteiger partial charge in [0, 0.05) is 13.1 Å². The van der Waals surface area contributed by atoms with Gasteiger partial charge in [-0.2, -0.15) is 0 Å². The van der Waals surface area contributed by atoms with Crippen LogP contribution in [0.1, 0.15) is 17.5 Å². The molecule has 5 nitrogen and oxygen atoms in total. The average molecular weight is 256 g/mol. The summed E-state index contributed by atoms with van der Waals surface area (Å²) in [6, 6.07) is 8.38. The molecule has 0 radical (unpaired) electrons. The van der Waals surface area contributed by atoms with E-state index in [0.29, 0.717) is 5.82 Å². The summed E-state index contributed by atoms with van der Waals surface area (Å²) in [4.78, 5) is 20.4. The van der Waals surface area contributed by atoms with Crippen molar-refractivity contribution in [3.05, 3.63) is 52.1 Å². The molecule has 1 aromatic heterocycles. The molecule has 0 aliphatic carbocycles. The Morgan fingerprint density at radius 3 is 2.89 bits per heavy atom. The van der Waals surface area contributed by atoms with Crippen molar-refractivity contribution < 1.29 is 0 Å². The molecule has 0 saturated carbocycles. The fourth-order valence-corrected chi connectivity index (χ4v) is 2.53. The summed E-state index contributed by atoms with van der Waals surface area (Å²) in [5.74, 6) is 0.584. The maximum atomic E-state index is 11.6. The Balaban J connectivity index is 1.99. The number of nitrogens with zero attached hydrogens (tertiary/aromatic N) is 2. The van der Waals surface area contributed by atoms with E-state index in [1.807, 2.05) is 6.07 Å². The molecule has 0 bridgehead atoms. The van der Waals surface area contributed by atoms with Gasteiger partial charge in [0.1, 0.15) is 5.69 Å². The molecule has 2 aromatic rings. The monoisotopic (exact) mass is 256 g/mol. The lowest BCUT2D eigenvalue weighted by Crippen LogP contribution is -2.27. The third-order valence-corrected chi connectivity index (χ3v) is 3.52.